The number of benzene rings is 1. The number of hydrogen-bond donors (Lipinski definition) is 1. The number of carbonyl (C=O) groups excluding carboxylic acids is 1. The zero-order chi connectivity index (χ0) is 20.2. The molecule has 158 valence electrons. The molecule has 5 fully saturated rings. The quantitative estimate of drug-likeness (QED) is 0.788. The minimum Gasteiger partial charge on any atom is -0.342 e. The minimum atomic E-state index is 0.238. The van der Waals surface area contributed by atoms with E-state index in [4.69, 9.17) is 11.6 Å². The van der Waals surface area contributed by atoms with Crippen molar-refractivity contribution < 1.29 is 10.1 Å². The molecule has 0 aromatic heterocycles. The van der Waals surface area contributed by atoms with Crippen LogP contribution in [0.5, 0.6) is 0 Å². The van der Waals surface area contributed by atoms with Crippen molar-refractivity contribution in [1.29, 1.82) is 0 Å². The number of nitrogens with two attached hydrogens (primary N) is 1. The molecular formula is C25H36ClN2O+. The zero-order valence-electron chi connectivity index (χ0n) is 18.0. The molecule has 0 radical (unpaired) electrons. The molecule has 6 rings (SSSR count). The number of amides is 1. The largest absolute Gasteiger partial charge is 0.342 e. The summed E-state index contributed by atoms with van der Waals surface area (Å²) in [6, 6.07) is 10.2. The molecule has 4 aliphatic carbocycles. The molecule has 0 spiro atoms. The molecule has 1 saturated heterocycles. The van der Waals surface area contributed by atoms with Gasteiger partial charge >= 0.3 is 0 Å². The maximum Gasteiger partial charge on any atom is 0.219 e. The van der Waals surface area contributed by atoms with Crippen molar-refractivity contribution >= 4 is 17.5 Å². The van der Waals surface area contributed by atoms with Gasteiger partial charge in [-0.1, -0.05) is 23.7 Å². The molecule has 3 nitrogen and oxygen atoms in total. The second-order valence-corrected chi connectivity index (χ2v) is 11.4. The molecule has 1 aliphatic heterocycles. The Balaban J connectivity index is 1.33. The average molecular weight is 416 g/mol. The van der Waals surface area contributed by atoms with E-state index in [2.05, 4.69) is 36.5 Å². The Morgan fingerprint density at radius 2 is 1.72 bits per heavy atom. The lowest BCUT2D eigenvalue weighted by Crippen LogP contribution is -2.98. The van der Waals surface area contributed by atoms with Crippen molar-refractivity contribution in [1.82, 2.24) is 4.90 Å². The van der Waals surface area contributed by atoms with Gasteiger partial charge in [0.05, 0.1) is 12.1 Å². The molecule has 4 saturated carbocycles. The maximum atomic E-state index is 11.7. The van der Waals surface area contributed by atoms with Crippen LogP contribution in [0.3, 0.4) is 0 Å². The molecule has 1 aromatic rings. The summed E-state index contributed by atoms with van der Waals surface area (Å²) in [6.07, 6.45) is 10.8. The van der Waals surface area contributed by atoms with Crippen LogP contribution in [0.2, 0.25) is 5.02 Å². The minimum absolute atomic E-state index is 0.238. The van der Waals surface area contributed by atoms with Crippen molar-refractivity contribution in [3.05, 3.63) is 34.9 Å². The van der Waals surface area contributed by atoms with Gasteiger partial charge in [-0.05, 0) is 80.4 Å². The number of likely N-dealkylation sites (tertiary alicyclic amines) is 1. The third-order valence-corrected chi connectivity index (χ3v) is 9.33. The van der Waals surface area contributed by atoms with Crippen LogP contribution < -0.4 is 5.32 Å². The Labute approximate surface area is 180 Å². The highest BCUT2D eigenvalue weighted by atomic mass is 35.5. The normalized spacial score (nSPS) is 37.7. The van der Waals surface area contributed by atoms with Gasteiger partial charge in [-0.3, -0.25) is 4.79 Å². The average Bonchev–Trinajstić information content (AvgIpc) is 2.68. The van der Waals surface area contributed by atoms with E-state index in [0.717, 1.165) is 42.8 Å². The first-order valence-corrected chi connectivity index (χ1v) is 12.1. The Morgan fingerprint density at radius 1 is 1.10 bits per heavy atom. The van der Waals surface area contributed by atoms with Gasteiger partial charge in [0.1, 0.15) is 0 Å². The number of quaternary nitrogens is 1. The second kappa shape index (κ2) is 7.27. The fourth-order valence-electron chi connectivity index (χ4n) is 8.03. The standard InChI is InChI=1S/C25H35ClN2O/c1-17(27-23-7-9-28(10-8-23)18(2)29)24-12-19-11-20(13-24)15-25(14-19,16-24)21-3-5-22(26)6-4-21/h3-6,17,19-20,23,27H,7-16H2,1-2H3/p+1/t17-,19-,20+,24?,25?/m1/s1. The summed E-state index contributed by atoms with van der Waals surface area (Å²) in [5, 5.41) is 3.56. The molecule has 2 N–H and O–H groups in total. The predicted octanol–water partition coefficient (Wildman–Crippen LogP) is 4.14. The van der Waals surface area contributed by atoms with Crippen LogP contribution in [0.1, 0.15) is 70.8 Å². The lowest BCUT2D eigenvalue weighted by atomic mass is 9.41. The maximum absolute atomic E-state index is 11.7. The van der Waals surface area contributed by atoms with E-state index in [1.54, 1.807) is 12.5 Å². The first-order chi connectivity index (χ1) is 13.9. The van der Waals surface area contributed by atoms with E-state index >= 15 is 0 Å². The van der Waals surface area contributed by atoms with Crippen LogP contribution in [-0.4, -0.2) is 36.0 Å². The summed E-state index contributed by atoms with van der Waals surface area (Å²) < 4.78 is 0. The molecule has 2 unspecified atom stereocenters. The highest BCUT2D eigenvalue weighted by Crippen LogP contribution is 2.66. The number of carbonyl (C=O) groups is 1. The van der Waals surface area contributed by atoms with Crippen LogP contribution in [0, 0.1) is 17.3 Å². The molecule has 1 amide bonds. The van der Waals surface area contributed by atoms with E-state index < -0.39 is 0 Å². The number of halogens is 1. The molecule has 4 heteroatoms. The number of nitrogens with zero attached hydrogens (tertiary/aromatic N) is 1. The molecular weight excluding hydrogens is 380 g/mol. The Morgan fingerprint density at radius 3 is 2.31 bits per heavy atom. The van der Waals surface area contributed by atoms with Gasteiger partial charge in [0.15, 0.2) is 0 Å². The Hall–Kier alpha value is -1.06. The Kier molecular flexibility index (Phi) is 4.98. The van der Waals surface area contributed by atoms with E-state index in [1.807, 2.05) is 4.90 Å². The van der Waals surface area contributed by atoms with Crippen LogP contribution in [0.4, 0.5) is 0 Å². The van der Waals surface area contributed by atoms with E-state index in [1.165, 1.54) is 38.5 Å². The summed E-state index contributed by atoms with van der Waals surface area (Å²) in [5.41, 5.74) is 2.42. The van der Waals surface area contributed by atoms with Gasteiger partial charge in [-0.2, -0.15) is 0 Å². The summed E-state index contributed by atoms with van der Waals surface area (Å²) in [6.45, 7) is 6.10. The lowest BCUT2D eigenvalue weighted by Gasteiger charge is -2.63. The van der Waals surface area contributed by atoms with Crippen molar-refractivity contribution in [2.45, 2.75) is 82.7 Å². The predicted molar refractivity (Wildman–Crippen MR) is 117 cm³/mol. The lowest BCUT2D eigenvalue weighted by molar-refractivity contribution is -0.735. The molecule has 5 atom stereocenters. The van der Waals surface area contributed by atoms with Crippen LogP contribution in [-0.2, 0) is 10.2 Å². The zero-order valence-corrected chi connectivity index (χ0v) is 18.8. The van der Waals surface area contributed by atoms with Gasteiger partial charge in [-0.15, -0.1) is 0 Å². The first kappa shape index (κ1) is 19.9. The molecule has 1 aromatic carbocycles. The van der Waals surface area contributed by atoms with Crippen LogP contribution in [0.15, 0.2) is 24.3 Å². The van der Waals surface area contributed by atoms with Gasteiger partial charge < -0.3 is 10.2 Å². The smallest absolute Gasteiger partial charge is 0.219 e. The Bertz CT molecular complexity index is 754. The monoisotopic (exact) mass is 415 g/mol. The van der Waals surface area contributed by atoms with E-state index in [0.29, 0.717) is 22.9 Å². The van der Waals surface area contributed by atoms with Crippen molar-refractivity contribution in [3.63, 3.8) is 0 Å². The summed E-state index contributed by atoms with van der Waals surface area (Å²) in [7, 11) is 0. The first-order valence-electron chi connectivity index (χ1n) is 11.7. The SMILES string of the molecule is CC(=O)N1CCC([NH2+][C@H](C)C23C[C@@H]4C[C@@H](CC(c5ccc(Cl)cc5)(C4)C2)C3)CC1. The van der Waals surface area contributed by atoms with Crippen LogP contribution >= 0.6 is 11.6 Å². The van der Waals surface area contributed by atoms with Crippen LogP contribution in [0.25, 0.3) is 0 Å². The summed E-state index contributed by atoms with van der Waals surface area (Å²) in [5.74, 6) is 2.05. The number of rotatable bonds is 4. The fourth-order valence-corrected chi connectivity index (χ4v) is 8.15. The van der Waals surface area contributed by atoms with Gasteiger partial charge in [0.2, 0.25) is 5.91 Å². The third-order valence-electron chi connectivity index (χ3n) is 9.07. The summed E-state index contributed by atoms with van der Waals surface area (Å²) >= 11 is 6.21. The highest BCUT2D eigenvalue weighted by molar-refractivity contribution is 6.30. The van der Waals surface area contributed by atoms with Gasteiger partial charge in [0, 0.05) is 43.3 Å². The molecule has 4 bridgehead atoms. The molecule has 5 aliphatic rings. The topological polar surface area (TPSA) is 36.9 Å². The van der Waals surface area contributed by atoms with E-state index in [9.17, 15) is 4.79 Å². The molecule has 1 heterocycles. The number of piperidine rings is 1. The van der Waals surface area contributed by atoms with E-state index in [-0.39, 0.29) is 5.91 Å². The second-order valence-electron chi connectivity index (χ2n) is 10.9. The molecule has 29 heavy (non-hydrogen) atoms. The number of hydrogen-bond acceptors (Lipinski definition) is 1. The summed E-state index contributed by atoms with van der Waals surface area (Å²) in [4.78, 5) is 13.7. The van der Waals surface area contributed by atoms with Crippen molar-refractivity contribution in [2.24, 2.45) is 17.3 Å². The van der Waals surface area contributed by atoms with Crippen molar-refractivity contribution in [2.75, 3.05) is 13.1 Å². The van der Waals surface area contributed by atoms with Gasteiger partial charge in [0.25, 0.3) is 0 Å². The third kappa shape index (κ3) is 3.53. The van der Waals surface area contributed by atoms with Gasteiger partial charge in [-0.25, -0.2) is 0 Å². The van der Waals surface area contributed by atoms with Crippen molar-refractivity contribution in [3.8, 4) is 0 Å². The fraction of sp³-hybridized carbons (Fsp3) is 0.720. The highest BCUT2D eigenvalue weighted by Gasteiger charge is 2.61.